The van der Waals surface area contributed by atoms with E-state index in [0.717, 1.165) is 10.0 Å². The molecule has 0 saturated carbocycles. The molecule has 106 valence electrons. The standard InChI is InChI=1S/C13H13BrN2O3S/c1-9-6-13(15-7-11(9)14)16-20(18,19)12-5-3-2-4-10(12)8-17/h2-7,17H,8H2,1H3,(H,15,16). The van der Waals surface area contributed by atoms with E-state index in [1.54, 1.807) is 24.3 Å². The molecule has 0 aliphatic heterocycles. The topological polar surface area (TPSA) is 79.3 Å². The van der Waals surface area contributed by atoms with Crippen molar-refractivity contribution < 1.29 is 13.5 Å². The Hall–Kier alpha value is -1.44. The third kappa shape index (κ3) is 3.17. The van der Waals surface area contributed by atoms with Crippen LogP contribution in [0.1, 0.15) is 11.1 Å². The number of rotatable bonds is 4. The Morgan fingerprint density at radius 3 is 2.70 bits per heavy atom. The van der Waals surface area contributed by atoms with Crippen molar-refractivity contribution in [3.05, 3.63) is 52.1 Å². The van der Waals surface area contributed by atoms with Gasteiger partial charge < -0.3 is 5.11 Å². The fourth-order valence-corrected chi connectivity index (χ4v) is 3.13. The number of nitrogens with one attached hydrogen (secondary N) is 1. The zero-order valence-electron chi connectivity index (χ0n) is 10.7. The van der Waals surface area contributed by atoms with Crippen LogP contribution in [0.2, 0.25) is 0 Å². The first kappa shape index (κ1) is 15.0. The number of hydrogen-bond donors (Lipinski definition) is 2. The quantitative estimate of drug-likeness (QED) is 0.881. The molecule has 0 spiro atoms. The second kappa shape index (κ2) is 5.90. The summed E-state index contributed by atoms with van der Waals surface area (Å²) in [6, 6.07) is 7.91. The van der Waals surface area contributed by atoms with Gasteiger partial charge in [0.15, 0.2) is 0 Å². The first-order chi connectivity index (χ1) is 9.44. The maximum atomic E-state index is 12.3. The fourth-order valence-electron chi connectivity index (χ4n) is 1.68. The highest BCUT2D eigenvalue weighted by atomic mass is 79.9. The van der Waals surface area contributed by atoms with Crippen LogP contribution in [0.3, 0.4) is 0 Å². The first-order valence-electron chi connectivity index (χ1n) is 5.78. The number of aromatic nitrogens is 1. The third-order valence-electron chi connectivity index (χ3n) is 2.72. The number of hydrogen-bond acceptors (Lipinski definition) is 4. The lowest BCUT2D eigenvalue weighted by Gasteiger charge is -2.11. The van der Waals surface area contributed by atoms with E-state index in [2.05, 4.69) is 25.6 Å². The molecule has 0 fully saturated rings. The molecule has 0 aliphatic carbocycles. The monoisotopic (exact) mass is 356 g/mol. The third-order valence-corrected chi connectivity index (χ3v) is 5.00. The van der Waals surface area contributed by atoms with Gasteiger partial charge in [-0.2, -0.15) is 0 Å². The Morgan fingerprint density at radius 2 is 2.05 bits per heavy atom. The predicted octanol–water partition coefficient (Wildman–Crippen LogP) is 2.45. The minimum absolute atomic E-state index is 0.0462. The van der Waals surface area contributed by atoms with Crippen molar-refractivity contribution in [2.24, 2.45) is 0 Å². The van der Waals surface area contributed by atoms with E-state index in [1.807, 2.05) is 6.92 Å². The normalized spacial score (nSPS) is 11.3. The second-order valence-corrected chi connectivity index (χ2v) is 6.70. The molecule has 0 amide bonds. The SMILES string of the molecule is Cc1cc(NS(=O)(=O)c2ccccc2CO)ncc1Br. The number of aliphatic hydroxyl groups excluding tert-OH is 1. The molecule has 0 unspecified atom stereocenters. The van der Waals surface area contributed by atoms with E-state index in [9.17, 15) is 13.5 Å². The molecule has 0 radical (unpaired) electrons. The molecule has 2 rings (SSSR count). The molecule has 0 bridgehead atoms. The molecular formula is C13H13BrN2O3S. The minimum atomic E-state index is -3.77. The van der Waals surface area contributed by atoms with Crippen molar-refractivity contribution in [3.8, 4) is 0 Å². The summed E-state index contributed by atoms with van der Waals surface area (Å²) in [4.78, 5) is 4.05. The number of pyridine rings is 1. The number of anilines is 1. The molecule has 20 heavy (non-hydrogen) atoms. The molecule has 1 heterocycles. The smallest absolute Gasteiger partial charge is 0.263 e. The van der Waals surface area contributed by atoms with Gasteiger partial charge in [-0.25, -0.2) is 13.4 Å². The van der Waals surface area contributed by atoms with Gasteiger partial charge in [0.2, 0.25) is 0 Å². The molecule has 1 aromatic heterocycles. The largest absolute Gasteiger partial charge is 0.392 e. The van der Waals surface area contributed by atoms with E-state index >= 15 is 0 Å². The number of halogens is 1. The Labute approximate surface area is 125 Å². The molecule has 5 nitrogen and oxygen atoms in total. The van der Waals surface area contributed by atoms with Gasteiger partial charge in [-0.3, -0.25) is 4.72 Å². The Balaban J connectivity index is 2.38. The van der Waals surface area contributed by atoms with Crippen molar-refractivity contribution in [3.63, 3.8) is 0 Å². The molecule has 2 N–H and O–H groups in total. The van der Waals surface area contributed by atoms with Crippen LogP contribution in [0.25, 0.3) is 0 Å². The van der Waals surface area contributed by atoms with Gasteiger partial charge in [-0.1, -0.05) is 18.2 Å². The summed E-state index contributed by atoms with van der Waals surface area (Å²) in [6.07, 6.45) is 1.53. The molecule has 0 aliphatic rings. The van der Waals surface area contributed by atoms with Gasteiger partial charge >= 0.3 is 0 Å². The first-order valence-corrected chi connectivity index (χ1v) is 8.05. The van der Waals surface area contributed by atoms with Gasteiger partial charge in [0, 0.05) is 10.7 Å². The average molecular weight is 357 g/mol. The predicted molar refractivity (Wildman–Crippen MR) is 79.8 cm³/mol. The van der Waals surface area contributed by atoms with Crippen LogP contribution >= 0.6 is 15.9 Å². The van der Waals surface area contributed by atoms with Crippen molar-refractivity contribution >= 4 is 31.8 Å². The lowest BCUT2D eigenvalue weighted by molar-refractivity contribution is 0.278. The van der Waals surface area contributed by atoms with Crippen molar-refractivity contribution in [2.45, 2.75) is 18.4 Å². The highest BCUT2D eigenvalue weighted by Gasteiger charge is 2.18. The summed E-state index contributed by atoms with van der Waals surface area (Å²) in [6.45, 7) is 1.50. The van der Waals surface area contributed by atoms with Gasteiger partial charge in [-0.15, -0.1) is 0 Å². The van der Waals surface area contributed by atoms with E-state index < -0.39 is 10.0 Å². The molecule has 1 aromatic carbocycles. The molecule has 0 saturated heterocycles. The van der Waals surface area contributed by atoms with E-state index in [1.165, 1.54) is 12.3 Å². The van der Waals surface area contributed by atoms with Crippen LogP contribution in [-0.4, -0.2) is 18.5 Å². The maximum absolute atomic E-state index is 12.3. The number of aryl methyl sites for hydroxylation is 1. The van der Waals surface area contributed by atoms with E-state index in [0.29, 0.717) is 5.56 Å². The van der Waals surface area contributed by atoms with E-state index in [-0.39, 0.29) is 17.3 Å². The summed E-state index contributed by atoms with van der Waals surface area (Å²) in [5, 5.41) is 9.21. The number of benzene rings is 1. The average Bonchev–Trinajstić information content (AvgIpc) is 2.42. The van der Waals surface area contributed by atoms with E-state index in [4.69, 9.17) is 0 Å². The van der Waals surface area contributed by atoms with Gasteiger partial charge in [0.05, 0.1) is 11.5 Å². The summed E-state index contributed by atoms with van der Waals surface area (Å²) in [5.41, 5.74) is 1.21. The number of aliphatic hydroxyl groups is 1. The summed E-state index contributed by atoms with van der Waals surface area (Å²) < 4.78 is 27.8. The zero-order chi connectivity index (χ0) is 14.8. The highest BCUT2D eigenvalue weighted by Crippen LogP contribution is 2.21. The Bertz CT molecular complexity index is 732. The van der Waals surface area contributed by atoms with Gasteiger partial charge in [0.1, 0.15) is 5.82 Å². The van der Waals surface area contributed by atoms with Crippen LogP contribution in [0.15, 0.2) is 45.9 Å². The molecule has 7 heteroatoms. The summed E-state index contributed by atoms with van der Waals surface area (Å²) >= 11 is 3.30. The lowest BCUT2D eigenvalue weighted by atomic mass is 10.2. The maximum Gasteiger partial charge on any atom is 0.263 e. The van der Waals surface area contributed by atoms with Crippen LogP contribution < -0.4 is 4.72 Å². The summed E-state index contributed by atoms with van der Waals surface area (Å²) in [5.74, 6) is 0.235. The minimum Gasteiger partial charge on any atom is -0.392 e. The van der Waals surface area contributed by atoms with Gasteiger partial charge in [0.25, 0.3) is 10.0 Å². The van der Waals surface area contributed by atoms with Crippen molar-refractivity contribution in [2.75, 3.05) is 4.72 Å². The Kier molecular flexibility index (Phi) is 4.42. The number of nitrogens with zero attached hydrogens (tertiary/aromatic N) is 1. The van der Waals surface area contributed by atoms with Crippen LogP contribution in [0.5, 0.6) is 0 Å². The lowest BCUT2D eigenvalue weighted by Crippen LogP contribution is -2.16. The van der Waals surface area contributed by atoms with Crippen molar-refractivity contribution in [1.29, 1.82) is 0 Å². The fraction of sp³-hybridized carbons (Fsp3) is 0.154. The van der Waals surface area contributed by atoms with Crippen molar-refractivity contribution in [1.82, 2.24) is 4.98 Å². The Morgan fingerprint density at radius 1 is 1.35 bits per heavy atom. The zero-order valence-corrected chi connectivity index (χ0v) is 13.1. The second-order valence-electron chi connectivity index (χ2n) is 4.19. The summed E-state index contributed by atoms with van der Waals surface area (Å²) in [7, 11) is -3.77. The molecular weight excluding hydrogens is 344 g/mol. The van der Waals surface area contributed by atoms with Crippen LogP contribution in [-0.2, 0) is 16.6 Å². The van der Waals surface area contributed by atoms with Crippen LogP contribution in [0.4, 0.5) is 5.82 Å². The van der Waals surface area contributed by atoms with Crippen LogP contribution in [0, 0.1) is 6.92 Å². The number of sulfonamides is 1. The highest BCUT2D eigenvalue weighted by molar-refractivity contribution is 9.10. The van der Waals surface area contributed by atoms with Gasteiger partial charge in [-0.05, 0) is 46.1 Å². The molecule has 0 atom stereocenters. The molecule has 2 aromatic rings.